The van der Waals surface area contributed by atoms with E-state index in [1.165, 1.54) is 4.70 Å². The Kier molecular flexibility index (Phi) is 2.78. The second-order valence-electron chi connectivity index (χ2n) is 4.93. The molecule has 0 radical (unpaired) electrons. The minimum absolute atomic E-state index is 0.441. The van der Waals surface area contributed by atoms with Gasteiger partial charge in [-0.2, -0.15) is 5.10 Å². The van der Waals surface area contributed by atoms with Crippen LogP contribution in [0.25, 0.3) is 21.3 Å². The molecule has 98 valence electrons. The van der Waals surface area contributed by atoms with E-state index in [1.54, 1.807) is 22.2 Å². The molecular formula is C14H16N4S. The Balaban J connectivity index is 2.26. The number of aromatic nitrogens is 3. The maximum Gasteiger partial charge on any atom is 0.129 e. The smallest absolute Gasteiger partial charge is 0.129 e. The van der Waals surface area contributed by atoms with Crippen LogP contribution in [0.3, 0.4) is 0 Å². The molecule has 0 bridgehead atoms. The summed E-state index contributed by atoms with van der Waals surface area (Å²) in [5, 5.41) is 5.37. The molecule has 0 spiro atoms. The number of para-hydroxylation sites is 1. The fraction of sp³-hybridized carbons (Fsp3) is 0.286. The third kappa shape index (κ3) is 1.90. The van der Waals surface area contributed by atoms with Crippen LogP contribution in [0, 0.1) is 0 Å². The lowest BCUT2D eigenvalue weighted by molar-refractivity contribution is 0.779. The summed E-state index contributed by atoms with van der Waals surface area (Å²) in [5.41, 5.74) is 9.11. The summed E-state index contributed by atoms with van der Waals surface area (Å²) in [5.74, 6) is 1.11. The molecule has 19 heavy (non-hydrogen) atoms. The summed E-state index contributed by atoms with van der Waals surface area (Å²) in [6, 6.07) is 6.21. The molecule has 0 atom stereocenters. The molecule has 0 aliphatic heterocycles. The molecular weight excluding hydrogens is 256 g/mol. The van der Waals surface area contributed by atoms with Gasteiger partial charge >= 0.3 is 0 Å². The molecule has 1 aromatic carbocycles. The van der Waals surface area contributed by atoms with Gasteiger partial charge in [-0.15, -0.1) is 11.3 Å². The van der Waals surface area contributed by atoms with Crippen molar-refractivity contribution < 1.29 is 0 Å². The van der Waals surface area contributed by atoms with Crippen LogP contribution in [-0.4, -0.2) is 14.8 Å². The zero-order valence-electron chi connectivity index (χ0n) is 11.2. The van der Waals surface area contributed by atoms with Gasteiger partial charge < -0.3 is 5.73 Å². The number of anilines is 1. The van der Waals surface area contributed by atoms with Crippen molar-refractivity contribution in [3.63, 3.8) is 0 Å². The molecule has 0 amide bonds. The largest absolute Gasteiger partial charge is 0.383 e. The second-order valence-corrected chi connectivity index (χ2v) is 5.99. The van der Waals surface area contributed by atoms with Gasteiger partial charge in [-0.05, 0) is 6.07 Å². The normalized spacial score (nSPS) is 11.6. The standard InChI is InChI=1S/C14H16N4S/c1-8(2)14-17-12-9(5-4-6-11(12)19-14)10-7-16-18(3)13(10)15/h4-8H,15H2,1-3H3. The van der Waals surface area contributed by atoms with Crippen molar-refractivity contribution >= 4 is 27.4 Å². The minimum Gasteiger partial charge on any atom is -0.383 e. The quantitative estimate of drug-likeness (QED) is 0.778. The van der Waals surface area contributed by atoms with Gasteiger partial charge in [-0.3, -0.25) is 4.68 Å². The summed E-state index contributed by atoms with van der Waals surface area (Å²) in [6.07, 6.45) is 1.80. The SMILES string of the molecule is CC(C)c1nc2c(-c3cnn(C)c3N)cccc2s1. The van der Waals surface area contributed by atoms with Crippen LogP contribution >= 0.6 is 11.3 Å². The average molecular weight is 272 g/mol. The molecule has 0 unspecified atom stereocenters. The molecule has 0 saturated carbocycles. The number of hydrogen-bond donors (Lipinski definition) is 1. The summed E-state index contributed by atoms with van der Waals surface area (Å²) >= 11 is 1.75. The van der Waals surface area contributed by atoms with E-state index in [4.69, 9.17) is 10.7 Å². The van der Waals surface area contributed by atoms with Gasteiger partial charge in [0.2, 0.25) is 0 Å². The van der Waals surface area contributed by atoms with Crippen molar-refractivity contribution in [2.24, 2.45) is 7.05 Å². The van der Waals surface area contributed by atoms with Crippen molar-refractivity contribution in [1.82, 2.24) is 14.8 Å². The number of thiazole rings is 1. The average Bonchev–Trinajstić information content (AvgIpc) is 2.95. The molecule has 0 saturated heterocycles. The van der Waals surface area contributed by atoms with Crippen LogP contribution < -0.4 is 5.73 Å². The highest BCUT2D eigenvalue weighted by Crippen LogP contribution is 2.35. The Bertz CT molecular complexity index is 739. The molecule has 2 aromatic heterocycles. The topological polar surface area (TPSA) is 56.7 Å². The van der Waals surface area contributed by atoms with E-state index < -0.39 is 0 Å². The molecule has 5 heteroatoms. The molecule has 3 rings (SSSR count). The maximum absolute atomic E-state index is 6.07. The van der Waals surface area contributed by atoms with Crippen LogP contribution in [-0.2, 0) is 7.05 Å². The summed E-state index contributed by atoms with van der Waals surface area (Å²) in [6.45, 7) is 4.33. The summed E-state index contributed by atoms with van der Waals surface area (Å²) in [7, 11) is 1.85. The maximum atomic E-state index is 6.07. The summed E-state index contributed by atoms with van der Waals surface area (Å²) in [4.78, 5) is 4.76. The molecule has 0 aliphatic rings. The number of nitrogens with two attached hydrogens (primary N) is 1. The van der Waals surface area contributed by atoms with Crippen LogP contribution in [0.4, 0.5) is 5.82 Å². The highest BCUT2D eigenvalue weighted by molar-refractivity contribution is 7.18. The monoisotopic (exact) mass is 272 g/mol. The zero-order valence-corrected chi connectivity index (χ0v) is 12.0. The van der Waals surface area contributed by atoms with Crippen molar-refractivity contribution in [1.29, 1.82) is 0 Å². The first-order valence-electron chi connectivity index (χ1n) is 6.25. The number of benzene rings is 1. The Labute approximate surface area is 115 Å². The zero-order chi connectivity index (χ0) is 13.6. The highest BCUT2D eigenvalue weighted by Gasteiger charge is 2.15. The van der Waals surface area contributed by atoms with E-state index in [0.29, 0.717) is 11.7 Å². The molecule has 0 fully saturated rings. The Hall–Kier alpha value is -1.88. The number of rotatable bonds is 2. The van der Waals surface area contributed by atoms with Crippen LogP contribution in [0.15, 0.2) is 24.4 Å². The van der Waals surface area contributed by atoms with E-state index in [2.05, 4.69) is 31.1 Å². The number of nitrogen functional groups attached to an aromatic ring is 1. The lowest BCUT2D eigenvalue weighted by Crippen LogP contribution is -1.98. The van der Waals surface area contributed by atoms with Gasteiger partial charge in [0, 0.05) is 24.1 Å². The predicted octanol–water partition coefficient (Wildman–Crippen LogP) is 3.40. The van der Waals surface area contributed by atoms with Crippen LogP contribution in [0.5, 0.6) is 0 Å². The fourth-order valence-electron chi connectivity index (χ4n) is 2.08. The van der Waals surface area contributed by atoms with Crippen molar-refractivity contribution in [3.8, 4) is 11.1 Å². The Morgan fingerprint density at radius 1 is 1.26 bits per heavy atom. The van der Waals surface area contributed by atoms with Gasteiger partial charge in [0.25, 0.3) is 0 Å². The first kappa shape index (κ1) is 12.2. The lowest BCUT2D eigenvalue weighted by atomic mass is 10.1. The first-order valence-corrected chi connectivity index (χ1v) is 7.07. The van der Waals surface area contributed by atoms with E-state index in [9.17, 15) is 0 Å². The molecule has 2 N–H and O–H groups in total. The van der Waals surface area contributed by atoms with Crippen molar-refractivity contribution in [2.45, 2.75) is 19.8 Å². The van der Waals surface area contributed by atoms with Gasteiger partial charge in [-0.25, -0.2) is 4.98 Å². The third-order valence-electron chi connectivity index (χ3n) is 3.20. The van der Waals surface area contributed by atoms with E-state index in [0.717, 1.165) is 21.7 Å². The Morgan fingerprint density at radius 2 is 2.05 bits per heavy atom. The lowest BCUT2D eigenvalue weighted by Gasteiger charge is -2.01. The van der Waals surface area contributed by atoms with E-state index in [1.807, 2.05) is 13.1 Å². The van der Waals surface area contributed by atoms with E-state index in [-0.39, 0.29) is 0 Å². The van der Waals surface area contributed by atoms with Crippen LogP contribution in [0.2, 0.25) is 0 Å². The van der Waals surface area contributed by atoms with E-state index >= 15 is 0 Å². The van der Waals surface area contributed by atoms with Gasteiger partial charge in [-0.1, -0.05) is 26.0 Å². The second kappa shape index (κ2) is 4.35. The van der Waals surface area contributed by atoms with Gasteiger partial charge in [0.05, 0.1) is 21.4 Å². The minimum atomic E-state index is 0.441. The van der Waals surface area contributed by atoms with Crippen molar-refractivity contribution in [2.75, 3.05) is 5.73 Å². The summed E-state index contributed by atoms with van der Waals surface area (Å²) < 4.78 is 2.88. The number of hydrogen-bond acceptors (Lipinski definition) is 4. The molecule has 4 nitrogen and oxygen atoms in total. The van der Waals surface area contributed by atoms with Gasteiger partial charge in [0.15, 0.2) is 0 Å². The third-order valence-corrected chi connectivity index (χ3v) is 4.53. The first-order chi connectivity index (χ1) is 9.08. The van der Waals surface area contributed by atoms with Crippen LogP contribution in [0.1, 0.15) is 24.8 Å². The highest BCUT2D eigenvalue weighted by atomic mass is 32.1. The predicted molar refractivity (Wildman–Crippen MR) is 80.3 cm³/mol. The fourth-order valence-corrected chi connectivity index (χ4v) is 3.08. The number of aryl methyl sites for hydroxylation is 1. The molecule has 2 heterocycles. The van der Waals surface area contributed by atoms with Gasteiger partial charge in [0.1, 0.15) is 5.82 Å². The molecule has 3 aromatic rings. The number of nitrogens with zero attached hydrogens (tertiary/aromatic N) is 3. The van der Waals surface area contributed by atoms with Crippen molar-refractivity contribution in [3.05, 3.63) is 29.4 Å². The molecule has 0 aliphatic carbocycles. The Morgan fingerprint density at radius 3 is 2.68 bits per heavy atom. The number of fused-ring (bicyclic) bond motifs is 1.